The van der Waals surface area contributed by atoms with E-state index in [1.807, 2.05) is 12.1 Å². The minimum atomic E-state index is -0.340. The van der Waals surface area contributed by atoms with Gasteiger partial charge >= 0.3 is 0 Å². The van der Waals surface area contributed by atoms with Gasteiger partial charge in [-0.15, -0.1) is 0 Å². The molecule has 0 amide bonds. The first-order valence-electron chi connectivity index (χ1n) is 9.37. The Balaban J connectivity index is 1.55. The molecule has 1 aromatic carbocycles. The van der Waals surface area contributed by atoms with Crippen LogP contribution in [0, 0.1) is 16.0 Å². The van der Waals surface area contributed by atoms with Gasteiger partial charge in [0.25, 0.3) is 5.69 Å². The van der Waals surface area contributed by atoms with Crippen LogP contribution in [0.5, 0.6) is 0 Å². The van der Waals surface area contributed by atoms with Crippen LogP contribution in [0.1, 0.15) is 12.8 Å². The van der Waals surface area contributed by atoms with Gasteiger partial charge in [0.15, 0.2) is 0 Å². The topological polar surface area (TPSA) is 77.2 Å². The highest BCUT2D eigenvalue weighted by atomic mass is 16.6. The zero-order valence-corrected chi connectivity index (χ0v) is 15.2. The number of nitrogens with zero attached hydrogens (tertiary/aromatic N) is 5. The van der Waals surface area contributed by atoms with Crippen molar-refractivity contribution in [2.24, 2.45) is 11.0 Å². The number of hydrogen-bond donors (Lipinski definition) is 1. The van der Waals surface area contributed by atoms with E-state index in [-0.39, 0.29) is 10.6 Å². The normalized spacial score (nSPS) is 27.7. The summed E-state index contributed by atoms with van der Waals surface area (Å²) < 4.78 is 0. The van der Waals surface area contributed by atoms with Crippen molar-refractivity contribution >= 4 is 22.8 Å². The lowest BCUT2D eigenvalue weighted by Gasteiger charge is -2.39. The maximum absolute atomic E-state index is 11.4. The van der Waals surface area contributed by atoms with E-state index < -0.39 is 0 Å². The number of piperidine rings is 3. The number of nitrogens with one attached hydrogen (secondary N) is 1. The molecule has 8 heteroatoms. The smallest absolute Gasteiger partial charge is 0.294 e. The average molecular weight is 358 g/mol. The van der Waals surface area contributed by atoms with Gasteiger partial charge in [-0.1, -0.05) is 0 Å². The highest BCUT2D eigenvalue weighted by Gasteiger charge is 2.31. The Bertz CT molecular complexity index is 706. The third kappa shape index (κ3) is 3.52. The fourth-order valence-electron chi connectivity index (χ4n) is 4.08. The van der Waals surface area contributed by atoms with E-state index in [1.165, 1.54) is 0 Å². The van der Waals surface area contributed by atoms with Crippen LogP contribution in [0.3, 0.4) is 0 Å². The molecule has 8 nitrogen and oxygen atoms in total. The molecule has 1 N–H and O–H groups in total. The molecular formula is C18H26N6O2. The molecule has 0 saturated carbocycles. The van der Waals surface area contributed by atoms with Gasteiger partial charge in [-0.3, -0.25) is 20.4 Å². The van der Waals surface area contributed by atoms with Crippen LogP contribution in [0.15, 0.2) is 23.3 Å². The van der Waals surface area contributed by atoms with Gasteiger partial charge in [0.2, 0.25) is 0 Å². The van der Waals surface area contributed by atoms with E-state index in [9.17, 15) is 10.1 Å². The highest BCUT2D eigenvalue weighted by Crippen LogP contribution is 2.31. The molecule has 4 aliphatic rings. The Morgan fingerprint density at radius 1 is 1.15 bits per heavy atom. The largest absolute Gasteiger partial charge is 0.369 e. The SMILES string of the molecule is CN1CCN(c2ccc([N+](=O)[O-])c(N/N=C3/CN4CCC3CC4)c2)CC1. The lowest BCUT2D eigenvalue weighted by molar-refractivity contribution is -0.383. The van der Waals surface area contributed by atoms with Crippen molar-refractivity contribution in [1.82, 2.24) is 9.80 Å². The predicted molar refractivity (Wildman–Crippen MR) is 103 cm³/mol. The first kappa shape index (κ1) is 17.2. The number of hydrogen-bond acceptors (Lipinski definition) is 7. The van der Waals surface area contributed by atoms with E-state index in [2.05, 4.69) is 32.3 Å². The molecule has 4 fully saturated rings. The number of benzene rings is 1. The van der Waals surface area contributed by atoms with Gasteiger partial charge in [-0.25, -0.2) is 0 Å². The summed E-state index contributed by atoms with van der Waals surface area (Å²) in [5.41, 5.74) is 5.72. The molecule has 26 heavy (non-hydrogen) atoms. The standard InChI is InChI=1S/C18H26N6O2/c1-21-8-10-23(11-9-21)15-2-3-18(24(25)26)16(12-15)19-20-17-13-22-6-4-14(17)5-7-22/h2-3,12,14,19H,4-11,13H2,1H3/b20-17-. The number of fused-ring (bicyclic) bond motifs is 3. The Kier molecular flexibility index (Phi) is 4.78. The first-order chi connectivity index (χ1) is 12.6. The monoisotopic (exact) mass is 358 g/mol. The van der Waals surface area contributed by atoms with Gasteiger partial charge in [0.05, 0.1) is 10.6 Å². The molecule has 0 atom stereocenters. The van der Waals surface area contributed by atoms with Crippen LogP contribution in [0.25, 0.3) is 0 Å². The van der Waals surface area contributed by atoms with E-state index in [4.69, 9.17) is 0 Å². The fraction of sp³-hybridized carbons (Fsp3) is 0.611. The molecular weight excluding hydrogens is 332 g/mol. The zero-order valence-electron chi connectivity index (χ0n) is 15.2. The van der Waals surface area contributed by atoms with Crippen LogP contribution in [0.4, 0.5) is 17.1 Å². The summed E-state index contributed by atoms with van der Waals surface area (Å²) in [6, 6.07) is 5.30. The summed E-state index contributed by atoms with van der Waals surface area (Å²) in [5.74, 6) is 0.521. The second kappa shape index (κ2) is 7.20. The van der Waals surface area contributed by atoms with Crippen LogP contribution < -0.4 is 10.3 Å². The Labute approximate surface area is 153 Å². The van der Waals surface area contributed by atoms with Gasteiger partial charge < -0.3 is 9.80 Å². The molecule has 4 saturated heterocycles. The van der Waals surface area contributed by atoms with E-state index in [0.717, 1.165) is 70.1 Å². The maximum atomic E-state index is 11.4. The fourth-order valence-corrected chi connectivity index (χ4v) is 4.08. The van der Waals surface area contributed by atoms with Gasteiger partial charge in [0.1, 0.15) is 5.69 Å². The van der Waals surface area contributed by atoms with E-state index in [0.29, 0.717) is 11.6 Å². The zero-order chi connectivity index (χ0) is 18.1. The molecule has 5 rings (SSSR count). The second-order valence-electron chi connectivity index (χ2n) is 7.51. The van der Waals surface area contributed by atoms with Crippen LogP contribution in [0.2, 0.25) is 0 Å². The maximum Gasteiger partial charge on any atom is 0.294 e. The van der Waals surface area contributed by atoms with E-state index in [1.54, 1.807) is 6.07 Å². The highest BCUT2D eigenvalue weighted by molar-refractivity contribution is 5.90. The molecule has 140 valence electrons. The number of piperazine rings is 1. The van der Waals surface area contributed by atoms with Crippen molar-refractivity contribution < 1.29 is 4.92 Å². The van der Waals surface area contributed by atoms with Crippen molar-refractivity contribution in [3.05, 3.63) is 28.3 Å². The number of nitro benzene ring substituents is 1. The third-order valence-corrected chi connectivity index (χ3v) is 5.81. The summed E-state index contributed by atoms with van der Waals surface area (Å²) in [4.78, 5) is 18.0. The van der Waals surface area contributed by atoms with Crippen LogP contribution in [-0.2, 0) is 0 Å². The van der Waals surface area contributed by atoms with Gasteiger partial charge in [-0.2, -0.15) is 5.10 Å². The molecule has 0 unspecified atom stereocenters. The molecule has 0 aliphatic carbocycles. The third-order valence-electron chi connectivity index (χ3n) is 5.81. The molecule has 4 heterocycles. The lowest BCUT2D eigenvalue weighted by atomic mass is 9.87. The molecule has 1 aromatic rings. The van der Waals surface area contributed by atoms with E-state index >= 15 is 0 Å². The lowest BCUT2D eigenvalue weighted by Crippen LogP contribution is -2.48. The Morgan fingerprint density at radius 2 is 1.88 bits per heavy atom. The number of anilines is 2. The van der Waals surface area contributed by atoms with Crippen molar-refractivity contribution in [3.63, 3.8) is 0 Å². The van der Waals surface area contributed by atoms with Crippen molar-refractivity contribution in [3.8, 4) is 0 Å². The molecule has 4 aliphatic heterocycles. The number of nitro groups is 1. The Morgan fingerprint density at radius 3 is 2.50 bits per heavy atom. The summed E-state index contributed by atoms with van der Waals surface area (Å²) in [5, 5.41) is 16.0. The quantitative estimate of drug-likeness (QED) is 0.654. The molecule has 0 aromatic heterocycles. The van der Waals surface area contributed by atoms with Crippen molar-refractivity contribution in [1.29, 1.82) is 0 Å². The first-order valence-corrected chi connectivity index (χ1v) is 9.37. The van der Waals surface area contributed by atoms with Crippen molar-refractivity contribution in [2.45, 2.75) is 12.8 Å². The predicted octanol–water partition coefficient (Wildman–Crippen LogP) is 1.84. The van der Waals surface area contributed by atoms with Crippen LogP contribution >= 0.6 is 0 Å². The van der Waals surface area contributed by atoms with Gasteiger partial charge in [-0.05, 0) is 45.1 Å². The van der Waals surface area contributed by atoms with Gasteiger partial charge in [0, 0.05) is 50.4 Å². The Hall–Kier alpha value is -2.19. The molecule has 2 bridgehead atoms. The molecule has 0 radical (unpaired) electrons. The number of rotatable bonds is 4. The van der Waals surface area contributed by atoms with Crippen LogP contribution in [-0.4, -0.2) is 73.3 Å². The summed E-state index contributed by atoms with van der Waals surface area (Å²) >= 11 is 0. The number of hydrazone groups is 1. The molecule has 0 spiro atoms. The second-order valence-corrected chi connectivity index (χ2v) is 7.51. The summed E-state index contributed by atoms with van der Waals surface area (Å²) in [6.45, 7) is 7.02. The summed E-state index contributed by atoms with van der Waals surface area (Å²) in [6.07, 6.45) is 2.29. The average Bonchev–Trinajstić information content (AvgIpc) is 2.67. The minimum absolute atomic E-state index is 0.0773. The van der Waals surface area contributed by atoms with Crippen molar-refractivity contribution in [2.75, 3.05) is 63.2 Å². The minimum Gasteiger partial charge on any atom is -0.369 e. The summed E-state index contributed by atoms with van der Waals surface area (Å²) in [7, 11) is 2.12. The number of likely N-dealkylation sites (N-methyl/N-ethyl adjacent to an activating group) is 1.